The second kappa shape index (κ2) is 7.32. The van der Waals surface area contributed by atoms with E-state index in [2.05, 4.69) is 13.8 Å². The van der Waals surface area contributed by atoms with E-state index in [-0.39, 0.29) is 5.60 Å². The van der Waals surface area contributed by atoms with Crippen LogP contribution in [0.25, 0.3) is 0 Å². The van der Waals surface area contributed by atoms with Gasteiger partial charge in [-0.3, -0.25) is 0 Å². The van der Waals surface area contributed by atoms with Crippen LogP contribution in [0.1, 0.15) is 84.5 Å². The Kier molecular flexibility index (Phi) is 6.41. The second-order valence-electron chi connectivity index (χ2n) is 5.92. The standard InChI is InChI=1S/C15H30O/c1-3-4-5-6-7-8-11-15(16)12-9-14(2)10-13-15/h14,16H,3-13H2,1-2H3. The van der Waals surface area contributed by atoms with Gasteiger partial charge in [0.15, 0.2) is 0 Å². The Balaban J connectivity index is 2.03. The second-order valence-corrected chi connectivity index (χ2v) is 5.92. The van der Waals surface area contributed by atoms with E-state index in [0.717, 1.165) is 25.2 Å². The van der Waals surface area contributed by atoms with Gasteiger partial charge >= 0.3 is 0 Å². The fourth-order valence-electron chi connectivity index (χ4n) is 2.78. The number of aliphatic hydroxyl groups is 1. The maximum Gasteiger partial charge on any atom is 0.0648 e. The van der Waals surface area contributed by atoms with Gasteiger partial charge in [0.1, 0.15) is 0 Å². The predicted octanol–water partition coefficient (Wildman–Crippen LogP) is 4.68. The third-order valence-electron chi connectivity index (χ3n) is 4.20. The van der Waals surface area contributed by atoms with Crippen molar-refractivity contribution in [2.24, 2.45) is 5.92 Å². The molecule has 0 aromatic carbocycles. The minimum Gasteiger partial charge on any atom is -0.390 e. The minimum absolute atomic E-state index is 0.294. The number of unbranched alkanes of at least 4 members (excludes halogenated alkanes) is 5. The number of hydrogen-bond donors (Lipinski definition) is 1. The Labute approximate surface area is 102 Å². The Bertz CT molecular complexity index is 168. The zero-order valence-electron chi connectivity index (χ0n) is 11.3. The molecule has 96 valence electrons. The van der Waals surface area contributed by atoms with Crippen LogP contribution in [0.3, 0.4) is 0 Å². The fourth-order valence-corrected chi connectivity index (χ4v) is 2.78. The van der Waals surface area contributed by atoms with Gasteiger partial charge in [0, 0.05) is 0 Å². The van der Waals surface area contributed by atoms with E-state index in [1.807, 2.05) is 0 Å². The maximum absolute atomic E-state index is 10.4. The molecule has 0 heterocycles. The first-order chi connectivity index (χ1) is 7.66. The summed E-state index contributed by atoms with van der Waals surface area (Å²) < 4.78 is 0. The molecule has 1 N–H and O–H groups in total. The average molecular weight is 226 g/mol. The molecule has 0 radical (unpaired) electrons. The zero-order chi connectivity index (χ0) is 11.9. The van der Waals surface area contributed by atoms with Crippen LogP contribution >= 0.6 is 0 Å². The highest BCUT2D eigenvalue weighted by atomic mass is 16.3. The van der Waals surface area contributed by atoms with Gasteiger partial charge in [-0.1, -0.05) is 52.4 Å². The van der Waals surface area contributed by atoms with Crippen LogP contribution in [0.15, 0.2) is 0 Å². The summed E-state index contributed by atoms with van der Waals surface area (Å²) in [5.74, 6) is 0.838. The normalized spacial score (nSPS) is 30.6. The molecular weight excluding hydrogens is 196 g/mol. The molecule has 1 heteroatoms. The van der Waals surface area contributed by atoms with Gasteiger partial charge in [0.05, 0.1) is 5.60 Å². The summed E-state index contributed by atoms with van der Waals surface area (Å²) in [6, 6.07) is 0. The molecule has 0 bridgehead atoms. The van der Waals surface area contributed by atoms with Crippen molar-refractivity contribution in [1.29, 1.82) is 0 Å². The van der Waals surface area contributed by atoms with Crippen LogP contribution in [0, 0.1) is 5.92 Å². The van der Waals surface area contributed by atoms with Gasteiger partial charge < -0.3 is 5.11 Å². The van der Waals surface area contributed by atoms with Gasteiger partial charge in [0.2, 0.25) is 0 Å². The van der Waals surface area contributed by atoms with Crippen LogP contribution < -0.4 is 0 Å². The average Bonchev–Trinajstić information content (AvgIpc) is 2.28. The molecule has 1 saturated carbocycles. The molecule has 1 aliphatic carbocycles. The van der Waals surface area contributed by atoms with E-state index in [1.165, 1.54) is 51.4 Å². The summed E-state index contributed by atoms with van der Waals surface area (Å²) in [5, 5.41) is 10.4. The number of hydrogen-bond acceptors (Lipinski definition) is 1. The van der Waals surface area contributed by atoms with Gasteiger partial charge in [0.25, 0.3) is 0 Å². The van der Waals surface area contributed by atoms with Crippen molar-refractivity contribution in [2.45, 2.75) is 90.1 Å². The van der Waals surface area contributed by atoms with Gasteiger partial charge in [-0.2, -0.15) is 0 Å². The minimum atomic E-state index is -0.294. The molecule has 16 heavy (non-hydrogen) atoms. The summed E-state index contributed by atoms with van der Waals surface area (Å²) in [4.78, 5) is 0. The Morgan fingerprint density at radius 1 is 1.00 bits per heavy atom. The molecule has 1 fully saturated rings. The molecule has 0 amide bonds. The van der Waals surface area contributed by atoms with Gasteiger partial charge in [-0.25, -0.2) is 0 Å². The first-order valence-corrected chi connectivity index (χ1v) is 7.39. The summed E-state index contributed by atoms with van der Waals surface area (Å²) >= 11 is 0. The van der Waals surface area contributed by atoms with Gasteiger partial charge in [-0.05, 0) is 38.0 Å². The Morgan fingerprint density at radius 2 is 1.56 bits per heavy atom. The van der Waals surface area contributed by atoms with E-state index >= 15 is 0 Å². The Morgan fingerprint density at radius 3 is 2.19 bits per heavy atom. The van der Waals surface area contributed by atoms with E-state index < -0.39 is 0 Å². The first kappa shape index (κ1) is 14.0. The highest BCUT2D eigenvalue weighted by Gasteiger charge is 2.30. The quantitative estimate of drug-likeness (QED) is 0.625. The molecule has 0 aromatic rings. The molecular formula is C15H30O. The summed E-state index contributed by atoms with van der Waals surface area (Å²) in [7, 11) is 0. The van der Waals surface area contributed by atoms with Crippen LogP contribution in [0.5, 0.6) is 0 Å². The highest BCUT2D eigenvalue weighted by Crippen LogP contribution is 2.35. The lowest BCUT2D eigenvalue weighted by atomic mass is 9.77. The molecule has 0 saturated heterocycles. The van der Waals surface area contributed by atoms with Crippen molar-refractivity contribution in [3.63, 3.8) is 0 Å². The largest absolute Gasteiger partial charge is 0.390 e. The van der Waals surface area contributed by atoms with Crippen LogP contribution in [-0.4, -0.2) is 10.7 Å². The molecule has 0 aliphatic heterocycles. The lowest BCUT2D eigenvalue weighted by Gasteiger charge is -2.35. The molecule has 1 rings (SSSR count). The van der Waals surface area contributed by atoms with E-state index in [0.29, 0.717) is 0 Å². The molecule has 0 spiro atoms. The van der Waals surface area contributed by atoms with E-state index in [9.17, 15) is 5.11 Å². The maximum atomic E-state index is 10.4. The molecule has 0 aromatic heterocycles. The molecule has 0 unspecified atom stereocenters. The smallest absolute Gasteiger partial charge is 0.0648 e. The van der Waals surface area contributed by atoms with Crippen molar-refractivity contribution in [1.82, 2.24) is 0 Å². The van der Waals surface area contributed by atoms with Crippen LogP contribution in [0.2, 0.25) is 0 Å². The third-order valence-corrected chi connectivity index (χ3v) is 4.20. The van der Waals surface area contributed by atoms with Crippen LogP contribution in [0.4, 0.5) is 0 Å². The van der Waals surface area contributed by atoms with Crippen molar-refractivity contribution in [2.75, 3.05) is 0 Å². The molecule has 1 nitrogen and oxygen atoms in total. The molecule has 1 aliphatic rings. The summed E-state index contributed by atoms with van der Waals surface area (Å²) in [5.41, 5.74) is -0.294. The third kappa shape index (κ3) is 5.34. The zero-order valence-corrected chi connectivity index (χ0v) is 11.3. The van der Waals surface area contributed by atoms with Crippen LogP contribution in [-0.2, 0) is 0 Å². The fraction of sp³-hybridized carbons (Fsp3) is 1.00. The number of rotatable bonds is 7. The van der Waals surface area contributed by atoms with Crippen molar-refractivity contribution in [3.8, 4) is 0 Å². The highest BCUT2D eigenvalue weighted by molar-refractivity contribution is 4.84. The lowest BCUT2D eigenvalue weighted by molar-refractivity contribution is -0.0164. The predicted molar refractivity (Wildman–Crippen MR) is 70.6 cm³/mol. The van der Waals surface area contributed by atoms with Crippen molar-refractivity contribution < 1.29 is 5.11 Å². The van der Waals surface area contributed by atoms with Crippen molar-refractivity contribution in [3.05, 3.63) is 0 Å². The SMILES string of the molecule is CCCCCCCCC1(O)CCC(C)CC1. The monoisotopic (exact) mass is 226 g/mol. The first-order valence-electron chi connectivity index (χ1n) is 7.39. The van der Waals surface area contributed by atoms with E-state index in [1.54, 1.807) is 0 Å². The summed E-state index contributed by atoms with van der Waals surface area (Å²) in [6.07, 6.45) is 13.6. The lowest BCUT2D eigenvalue weighted by Crippen LogP contribution is -2.33. The van der Waals surface area contributed by atoms with Crippen molar-refractivity contribution >= 4 is 0 Å². The van der Waals surface area contributed by atoms with E-state index in [4.69, 9.17) is 0 Å². The molecule has 0 atom stereocenters. The summed E-state index contributed by atoms with van der Waals surface area (Å²) in [6.45, 7) is 4.57. The topological polar surface area (TPSA) is 20.2 Å². The Hall–Kier alpha value is -0.0400. The van der Waals surface area contributed by atoms with Gasteiger partial charge in [-0.15, -0.1) is 0 Å².